The van der Waals surface area contributed by atoms with E-state index in [4.69, 9.17) is 11.1 Å². The minimum atomic E-state index is 0.257. The molecule has 1 rings (SSSR count). The summed E-state index contributed by atoms with van der Waals surface area (Å²) < 4.78 is 0. The van der Waals surface area contributed by atoms with Gasteiger partial charge in [-0.15, -0.1) is 11.3 Å². The van der Waals surface area contributed by atoms with Crippen molar-refractivity contribution in [3.05, 3.63) is 16.1 Å². The lowest BCUT2D eigenvalue weighted by atomic mass is 10.2. The second kappa shape index (κ2) is 6.98. The van der Waals surface area contributed by atoms with Crippen molar-refractivity contribution in [1.29, 1.82) is 5.41 Å². The maximum Gasteiger partial charge on any atom is 0.107 e. The summed E-state index contributed by atoms with van der Waals surface area (Å²) in [7, 11) is 4.09. The van der Waals surface area contributed by atoms with Crippen molar-refractivity contribution < 1.29 is 0 Å². The lowest BCUT2D eigenvalue weighted by molar-refractivity contribution is 0.401. The van der Waals surface area contributed by atoms with Crippen molar-refractivity contribution in [2.24, 2.45) is 5.73 Å². The first kappa shape index (κ1) is 14.5. The number of nitrogens with two attached hydrogens (primary N) is 1. The molecule has 6 heteroatoms. The zero-order valence-corrected chi connectivity index (χ0v) is 12.2. The molecule has 1 aromatic rings. The van der Waals surface area contributed by atoms with Gasteiger partial charge in [0.1, 0.15) is 5.01 Å². The van der Waals surface area contributed by atoms with Crippen molar-refractivity contribution in [2.45, 2.75) is 24.6 Å². The molecule has 4 nitrogen and oxygen atoms in total. The molecule has 0 aliphatic carbocycles. The number of amidine groups is 1. The highest BCUT2D eigenvalue weighted by atomic mass is 32.2. The van der Waals surface area contributed by atoms with Crippen LogP contribution >= 0.6 is 23.1 Å². The minimum Gasteiger partial charge on any atom is -0.388 e. The van der Waals surface area contributed by atoms with Gasteiger partial charge in [-0.3, -0.25) is 5.41 Å². The summed E-state index contributed by atoms with van der Waals surface area (Å²) in [4.78, 5) is 6.76. The van der Waals surface area contributed by atoms with Gasteiger partial charge in [0, 0.05) is 23.6 Å². The average molecular weight is 272 g/mol. The minimum absolute atomic E-state index is 0.257. The molecular formula is C11H20N4S2. The maximum absolute atomic E-state index is 7.27. The van der Waals surface area contributed by atoms with E-state index in [1.165, 1.54) is 0 Å². The van der Waals surface area contributed by atoms with Crippen LogP contribution in [0.15, 0.2) is 5.38 Å². The zero-order valence-electron chi connectivity index (χ0n) is 10.6. The van der Waals surface area contributed by atoms with E-state index in [1.807, 2.05) is 14.1 Å². The first-order valence-electron chi connectivity index (χ1n) is 5.47. The molecule has 0 fully saturated rings. The zero-order chi connectivity index (χ0) is 12.8. The van der Waals surface area contributed by atoms with Crippen molar-refractivity contribution in [3.8, 4) is 0 Å². The number of thioether (sulfide) groups is 1. The second-order valence-corrected chi connectivity index (χ2v) is 6.18. The Balaban J connectivity index is 2.62. The lowest BCUT2D eigenvalue weighted by Crippen LogP contribution is -2.11. The largest absolute Gasteiger partial charge is 0.388 e. The summed E-state index contributed by atoms with van der Waals surface area (Å²) in [5.74, 6) is 0.257. The van der Waals surface area contributed by atoms with E-state index in [1.54, 1.807) is 23.1 Å². The molecule has 0 radical (unpaired) electrons. The predicted octanol–water partition coefficient (Wildman–Crippen LogP) is 2.32. The molecule has 3 N–H and O–H groups in total. The molecule has 0 saturated heterocycles. The second-order valence-electron chi connectivity index (χ2n) is 4.19. The van der Waals surface area contributed by atoms with Crippen LogP contribution in [0.4, 0.5) is 0 Å². The Labute approximate surface area is 111 Å². The molecule has 1 aromatic heterocycles. The summed E-state index contributed by atoms with van der Waals surface area (Å²) in [5, 5.41) is 10.9. The number of rotatable bonds is 7. The fraction of sp³-hybridized carbons (Fsp3) is 0.636. The van der Waals surface area contributed by atoms with E-state index < -0.39 is 0 Å². The molecule has 0 bridgehead atoms. The molecule has 1 atom stereocenters. The predicted molar refractivity (Wildman–Crippen MR) is 76.9 cm³/mol. The van der Waals surface area contributed by atoms with Crippen LogP contribution in [0.3, 0.4) is 0 Å². The van der Waals surface area contributed by atoms with E-state index >= 15 is 0 Å². The van der Waals surface area contributed by atoms with Crippen LogP contribution in [0, 0.1) is 5.41 Å². The molecule has 1 heterocycles. The highest BCUT2D eigenvalue weighted by Crippen LogP contribution is 2.32. The molecule has 96 valence electrons. The van der Waals surface area contributed by atoms with Gasteiger partial charge in [0.2, 0.25) is 0 Å². The maximum atomic E-state index is 7.27. The van der Waals surface area contributed by atoms with Crippen LogP contribution in [0.25, 0.3) is 0 Å². The summed E-state index contributed by atoms with van der Waals surface area (Å²) in [6.45, 7) is 0.887. The van der Waals surface area contributed by atoms with Gasteiger partial charge in [-0.05, 0) is 26.8 Å². The summed E-state index contributed by atoms with van der Waals surface area (Å²) in [6, 6.07) is 0. The van der Waals surface area contributed by atoms with Gasteiger partial charge < -0.3 is 10.6 Å². The van der Waals surface area contributed by atoms with Crippen molar-refractivity contribution in [1.82, 2.24) is 9.88 Å². The third kappa shape index (κ3) is 5.06. The number of hydrogen-bond acceptors (Lipinski definition) is 5. The Kier molecular flexibility index (Phi) is 5.94. The van der Waals surface area contributed by atoms with Gasteiger partial charge in [0.25, 0.3) is 0 Å². The third-order valence-electron chi connectivity index (χ3n) is 2.31. The first-order chi connectivity index (χ1) is 8.02. The van der Waals surface area contributed by atoms with E-state index in [2.05, 4.69) is 21.5 Å². The quantitative estimate of drug-likeness (QED) is 0.590. The number of hydrogen-bond donors (Lipinski definition) is 2. The van der Waals surface area contributed by atoms with Crippen LogP contribution in [-0.4, -0.2) is 36.1 Å². The Morgan fingerprint density at radius 1 is 1.65 bits per heavy atom. The molecule has 0 aromatic carbocycles. The summed E-state index contributed by atoms with van der Waals surface area (Å²) in [5.41, 5.74) is 6.52. The molecule has 0 aliphatic rings. The molecule has 17 heavy (non-hydrogen) atoms. The van der Waals surface area contributed by atoms with Crippen LogP contribution in [-0.2, 0) is 6.54 Å². The van der Waals surface area contributed by atoms with E-state index in [-0.39, 0.29) is 5.84 Å². The standard InChI is InChI=1S/C11H20N4S2/c1-15(2)6-11-14-8(7-17-11)9(16-3)4-5-10(12)13/h7,9H,4-6H2,1-3H3,(H3,12,13). The van der Waals surface area contributed by atoms with Crippen LogP contribution < -0.4 is 5.73 Å². The molecule has 0 spiro atoms. The van der Waals surface area contributed by atoms with Crippen molar-refractivity contribution >= 4 is 28.9 Å². The number of thiazole rings is 1. The van der Waals surface area contributed by atoms with Crippen LogP contribution in [0.5, 0.6) is 0 Å². The van der Waals surface area contributed by atoms with Gasteiger partial charge in [0.15, 0.2) is 0 Å². The Morgan fingerprint density at radius 3 is 2.88 bits per heavy atom. The van der Waals surface area contributed by atoms with Gasteiger partial charge in [-0.2, -0.15) is 11.8 Å². The molecule has 0 amide bonds. The third-order valence-corrected chi connectivity index (χ3v) is 4.21. The van der Waals surface area contributed by atoms with Gasteiger partial charge in [0.05, 0.1) is 11.5 Å². The molecule has 1 unspecified atom stereocenters. The number of nitrogens with zero attached hydrogens (tertiary/aromatic N) is 2. The van der Waals surface area contributed by atoms with E-state index in [0.717, 1.165) is 23.7 Å². The van der Waals surface area contributed by atoms with Gasteiger partial charge in [-0.25, -0.2) is 4.98 Å². The normalized spacial score (nSPS) is 12.9. The SMILES string of the molecule is CSC(CCC(=N)N)c1csc(CN(C)C)n1. The molecule has 0 aliphatic heterocycles. The number of nitrogens with one attached hydrogen (secondary N) is 1. The smallest absolute Gasteiger partial charge is 0.107 e. The molecular weight excluding hydrogens is 252 g/mol. The van der Waals surface area contributed by atoms with Crippen molar-refractivity contribution in [2.75, 3.05) is 20.4 Å². The Hall–Kier alpha value is -0.590. The fourth-order valence-corrected chi connectivity index (χ4v) is 3.26. The first-order valence-corrected chi connectivity index (χ1v) is 7.64. The summed E-state index contributed by atoms with van der Waals surface area (Å²) in [6.07, 6.45) is 3.61. The Bertz CT molecular complexity index is 362. The van der Waals surface area contributed by atoms with Crippen molar-refractivity contribution in [3.63, 3.8) is 0 Å². The monoisotopic (exact) mass is 272 g/mol. The fourth-order valence-electron chi connectivity index (χ4n) is 1.49. The summed E-state index contributed by atoms with van der Waals surface area (Å²) >= 11 is 3.48. The Morgan fingerprint density at radius 2 is 2.35 bits per heavy atom. The highest BCUT2D eigenvalue weighted by molar-refractivity contribution is 7.98. The van der Waals surface area contributed by atoms with E-state index in [0.29, 0.717) is 11.7 Å². The highest BCUT2D eigenvalue weighted by Gasteiger charge is 2.14. The lowest BCUT2D eigenvalue weighted by Gasteiger charge is -2.11. The van der Waals surface area contributed by atoms with Crippen LogP contribution in [0.2, 0.25) is 0 Å². The van der Waals surface area contributed by atoms with Crippen LogP contribution in [0.1, 0.15) is 28.8 Å². The number of aromatic nitrogens is 1. The van der Waals surface area contributed by atoms with Gasteiger partial charge in [-0.1, -0.05) is 0 Å². The topological polar surface area (TPSA) is 66.0 Å². The average Bonchev–Trinajstić information content (AvgIpc) is 2.66. The van der Waals surface area contributed by atoms with E-state index in [9.17, 15) is 0 Å². The molecule has 0 saturated carbocycles. The van der Waals surface area contributed by atoms with Gasteiger partial charge >= 0.3 is 0 Å².